The highest BCUT2D eigenvalue weighted by atomic mass is 16.3. The van der Waals surface area contributed by atoms with Gasteiger partial charge in [-0.15, -0.1) is 0 Å². The van der Waals surface area contributed by atoms with Crippen LogP contribution in [-0.4, -0.2) is 27.4 Å². The van der Waals surface area contributed by atoms with Gasteiger partial charge in [0.2, 0.25) is 0 Å². The van der Waals surface area contributed by atoms with E-state index in [1.165, 1.54) is 0 Å². The molecule has 17 heavy (non-hydrogen) atoms. The molecule has 0 spiro atoms. The van der Waals surface area contributed by atoms with Gasteiger partial charge < -0.3 is 14.7 Å². The summed E-state index contributed by atoms with van der Waals surface area (Å²) in [5.41, 5.74) is 1.07. The molecule has 0 saturated heterocycles. The minimum absolute atomic E-state index is 0.353. The van der Waals surface area contributed by atoms with Crippen LogP contribution in [0.25, 0.3) is 11.0 Å². The van der Waals surface area contributed by atoms with Gasteiger partial charge in [0.25, 0.3) is 0 Å². The number of aromatic hydroxyl groups is 1. The third-order valence-electron chi connectivity index (χ3n) is 3.22. The summed E-state index contributed by atoms with van der Waals surface area (Å²) in [6, 6.07) is 2.36. The summed E-state index contributed by atoms with van der Waals surface area (Å²) in [5.74, 6) is 0.353. The number of nitrogens with zero attached hydrogens (tertiary/aromatic N) is 3. The molecule has 94 valence electrons. The van der Waals surface area contributed by atoms with Crippen molar-refractivity contribution in [3.05, 3.63) is 18.5 Å². The molecule has 0 saturated carbocycles. The second-order valence-electron chi connectivity index (χ2n) is 4.55. The summed E-state index contributed by atoms with van der Waals surface area (Å²) in [7, 11) is 0. The zero-order valence-corrected chi connectivity index (χ0v) is 11.0. The van der Waals surface area contributed by atoms with Crippen LogP contribution in [0.5, 0.6) is 5.75 Å². The molecule has 0 fully saturated rings. The Labute approximate surface area is 102 Å². The lowest BCUT2D eigenvalue weighted by Crippen LogP contribution is -2.34. The molecule has 0 radical (unpaired) electrons. The van der Waals surface area contributed by atoms with E-state index in [4.69, 9.17) is 0 Å². The van der Waals surface area contributed by atoms with E-state index in [-0.39, 0.29) is 0 Å². The Morgan fingerprint density at radius 2 is 1.94 bits per heavy atom. The van der Waals surface area contributed by atoms with E-state index in [1.807, 2.05) is 12.3 Å². The number of hydrogen-bond acceptors (Lipinski definition) is 2. The fraction of sp³-hybridized carbons (Fsp3) is 0.538. The number of aromatic nitrogens is 2. The second kappa shape index (κ2) is 4.35. The van der Waals surface area contributed by atoms with Gasteiger partial charge in [0.05, 0.1) is 11.6 Å². The summed E-state index contributed by atoms with van der Waals surface area (Å²) < 4.78 is 4.25. The molecular weight excluding hydrogens is 214 g/mol. The van der Waals surface area contributed by atoms with Crippen LogP contribution in [0.15, 0.2) is 18.5 Å². The zero-order valence-electron chi connectivity index (χ0n) is 11.0. The Morgan fingerprint density at radius 3 is 2.47 bits per heavy atom. The third kappa shape index (κ3) is 1.77. The summed E-state index contributed by atoms with van der Waals surface area (Å²) >= 11 is 0. The van der Waals surface area contributed by atoms with Crippen LogP contribution >= 0.6 is 0 Å². The van der Waals surface area contributed by atoms with Crippen LogP contribution in [0.2, 0.25) is 0 Å². The molecule has 4 heteroatoms. The molecule has 2 aromatic heterocycles. The Kier molecular flexibility index (Phi) is 3.05. The molecule has 2 aromatic rings. The highest BCUT2D eigenvalue weighted by molar-refractivity contribution is 5.85. The Bertz CT molecular complexity index is 506. The molecule has 0 aliphatic carbocycles. The Balaban J connectivity index is 2.65. The number of hydrogen-bond donors (Lipinski definition) is 1. The highest BCUT2D eigenvalue weighted by Gasteiger charge is 2.16. The molecule has 0 amide bonds. The Hall–Kier alpha value is -1.58. The van der Waals surface area contributed by atoms with E-state index >= 15 is 0 Å². The molecule has 0 unspecified atom stereocenters. The molecule has 4 nitrogen and oxygen atoms in total. The van der Waals surface area contributed by atoms with Gasteiger partial charge in [-0.25, -0.2) is 4.68 Å². The van der Waals surface area contributed by atoms with Crippen molar-refractivity contribution in [2.75, 3.05) is 18.1 Å². The standard InChI is InChI=1S/C13H21N3O/c1-5-14(6-2)16-9-12(17)11-7-8-15(10(3)4)13(11)16/h7-10,17H,5-6H2,1-4H3. The van der Waals surface area contributed by atoms with Crippen molar-refractivity contribution in [1.29, 1.82) is 0 Å². The van der Waals surface area contributed by atoms with Crippen molar-refractivity contribution in [3.8, 4) is 5.75 Å². The lowest BCUT2D eigenvalue weighted by atomic mass is 10.4. The van der Waals surface area contributed by atoms with Crippen molar-refractivity contribution < 1.29 is 5.11 Å². The fourth-order valence-electron chi connectivity index (χ4n) is 2.29. The molecule has 0 atom stereocenters. The summed E-state index contributed by atoms with van der Waals surface area (Å²) in [5, 5.41) is 13.1. The first-order chi connectivity index (χ1) is 8.10. The smallest absolute Gasteiger partial charge is 0.144 e. The van der Waals surface area contributed by atoms with Gasteiger partial charge >= 0.3 is 0 Å². The maximum atomic E-state index is 9.97. The zero-order chi connectivity index (χ0) is 12.6. The predicted molar refractivity (Wildman–Crippen MR) is 71.3 cm³/mol. The topological polar surface area (TPSA) is 33.3 Å². The van der Waals surface area contributed by atoms with Crippen molar-refractivity contribution >= 4 is 11.0 Å². The molecule has 0 aliphatic rings. The van der Waals surface area contributed by atoms with Crippen LogP contribution in [0.4, 0.5) is 0 Å². The quantitative estimate of drug-likeness (QED) is 0.884. The first-order valence-corrected chi connectivity index (χ1v) is 6.26. The minimum Gasteiger partial charge on any atom is -0.506 e. The van der Waals surface area contributed by atoms with Gasteiger partial charge in [-0.05, 0) is 33.8 Å². The lowest BCUT2D eigenvalue weighted by Gasteiger charge is -2.24. The van der Waals surface area contributed by atoms with Crippen LogP contribution in [0.3, 0.4) is 0 Å². The lowest BCUT2D eigenvalue weighted by molar-refractivity contribution is 0.476. The molecular formula is C13H21N3O. The first kappa shape index (κ1) is 11.9. The molecule has 0 aromatic carbocycles. The predicted octanol–water partition coefficient (Wildman–Crippen LogP) is 2.71. The van der Waals surface area contributed by atoms with Gasteiger partial charge in [0, 0.05) is 25.3 Å². The first-order valence-electron chi connectivity index (χ1n) is 6.26. The maximum Gasteiger partial charge on any atom is 0.144 e. The fourth-order valence-corrected chi connectivity index (χ4v) is 2.29. The van der Waals surface area contributed by atoms with Crippen molar-refractivity contribution in [3.63, 3.8) is 0 Å². The van der Waals surface area contributed by atoms with Gasteiger partial charge in [-0.3, -0.25) is 0 Å². The molecule has 2 rings (SSSR count). The summed E-state index contributed by atoms with van der Waals surface area (Å²) in [6.07, 6.45) is 3.84. The van der Waals surface area contributed by atoms with Crippen LogP contribution in [0, 0.1) is 0 Å². The highest BCUT2D eigenvalue weighted by Crippen LogP contribution is 2.30. The van der Waals surface area contributed by atoms with Crippen molar-refractivity contribution in [2.45, 2.75) is 33.7 Å². The van der Waals surface area contributed by atoms with Crippen molar-refractivity contribution in [1.82, 2.24) is 9.24 Å². The number of fused-ring (bicyclic) bond motifs is 1. The molecule has 0 aliphatic heterocycles. The van der Waals surface area contributed by atoms with Crippen molar-refractivity contribution in [2.24, 2.45) is 0 Å². The van der Waals surface area contributed by atoms with Gasteiger partial charge in [-0.2, -0.15) is 0 Å². The molecule has 1 N–H and O–H groups in total. The third-order valence-corrected chi connectivity index (χ3v) is 3.22. The van der Waals surface area contributed by atoms with Crippen LogP contribution < -0.4 is 5.01 Å². The summed E-state index contributed by atoms with van der Waals surface area (Å²) in [6.45, 7) is 10.4. The van der Waals surface area contributed by atoms with Crippen LogP contribution in [0.1, 0.15) is 33.7 Å². The van der Waals surface area contributed by atoms with E-state index < -0.39 is 0 Å². The molecule has 0 bridgehead atoms. The monoisotopic (exact) mass is 235 g/mol. The van der Waals surface area contributed by atoms with E-state index in [0.29, 0.717) is 11.8 Å². The SMILES string of the molecule is CCN(CC)n1cc(O)c2ccn(C(C)C)c21. The Morgan fingerprint density at radius 1 is 1.29 bits per heavy atom. The van der Waals surface area contributed by atoms with E-state index in [0.717, 1.165) is 24.1 Å². The summed E-state index contributed by atoms with van der Waals surface area (Å²) in [4.78, 5) is 0. The van der Waals surface area contributed by atoms with E-state index in [2.05, 4.69) is 41.9 Å². The number of rotatable bonds is 4. The average molecular weight is 235 g/mol. The normalized spacial score (nSPS) is 11.6. The van der Waals surface area contributed by atoms with Gasteiger partial charge in [0.1, 0.15) is 11.4 Å². The van der Waals surface area contributed by atoms with Gasteiger partial charge in [0.15, 0.2) is 0 Å². The molecule has 2 heterocycles. The second-order valence-corrected chi connectivity index (χ2v) is 4.55. The average Bonchev–Trinajstić information content (AvgIpc) is 2.83. The largest absolute Gasteiger partial charge is 0.506 e. The van der Waals surface area contributed by atoms with E-state index in [9.17, 15) is 5.11 Å². The van der Waals surface area contributed by atoms with Gasteiger partial charge in [-0.1, -0.05) is 0 Å². The minimum atomic E-state index is 0.353. The van der Waals surface area contributed by atoms with E-state index in [1.54, 1.807) is 6.20 Å². The maximum absolute atomic E-state index is 9.97. The van der Waals surface area contributed by atoms with Crippen LogP contribution in [-0.2, 0) is 0 Å².